The molecular formula is C29H23N3O2. The van der Waals surface area contributed by atoms with Crippen LogP contribution in [0, 0.1) is 13.8 Å². The Labute approximate surface area is 198 Å². The smallest absolute Gasteiger partial charge is 0.219 e. The highest BCUT2D eigenvalue weighted by molar-refractivity contribution is 5.78. The lowest BCUT2D eigenvalue weighted by molar-refractivity contribution is 0.463. The first-order chi connectivity index (χ1) is 16.5. The van der Waals surface area contributed by atoms with Gasteiger partial charge in [0, 0.05) is 34.8 Å². The molecule has 3 aromatic heterocycles. The van der Waals surface area contributed by atoms with E-state index in [1.165, 1.54) is 0 Å². The van der Waals surface area contributed by atoms with E-state index in [0.29, 0.717) is 22.9 Å². The summed E-state index contributed by atoms with van der Waals surface area (Å²) in [5.41, 5.74) is 6.97. The van der Waals surface area contributed by atoms with Gasteiger partial charge in [-0.25, -0.2) is 9.97 Å². The highest BCUT2D eigenvalue weighted by Crippen LogP contribution is 2.35. The Kier molecular flexibility index (Phi) is 5.75. The number of hydrogen-bond acceptors (Lipinski definition) is 5. The van der Waals surface area contributed by atoms with Gasteiger partial charge in [0.15, 0.2) is 0 Å². The van der Waals surface area contributed by atoms with Gasteiger partial charge in [-0.15, -0.1) is 0 Å². The normalized spacial score (nSPS) is 10.8. The van der Waals surface area contributed by atoms with E-state index in [2.05, 4.69) is 28.2 Å². The first kappa shape index (κ1) is 21.3. The second kappa shape index (κ2) is 9.16. The van der Waals surface area contributed by atoms with Crippen LogP contribution in [0.5, 0.6) is 17.4 Å². The van der Waals surface area contributed by atoms with Gasteiger partial charge in [-0.05, 0) is 79.6 Å². The minimum Gasteiger partial charge on any atom is -0.507 e. The third-order valence-corrected chi connectivity index (χ3v) is 5.41. The molecule has 3 heterocycles. The summed E-state index contributed by atoms with van der Waals surface area (Å²) in [7, 11) is 0. The number of aromatic nitrogens is 3. The van der Waals surface area contributed by atoms with Crippen molar-refractivity contribution in [3.8, 4) is 51.0 Å². The topological polar surface area (TPSA) is 68.1 Å². The third kappa shape index (κ3) is 4.64. The summed E-state index contributed by atoms with van der Waals surface area (Å²) in [6.45, 7) is 3.97. The van der Waals surface area contributed by atoms with Crippen molar-refractivity contribution in [1.82, 2.24) is 15.0 Å². The van der Waals surface area contributed by atoms with Gasteiger partial charge in [0.1, 0.15) is 11.5 Å². The van der Waals surface area contributed by atoms with Crippen LogP contribution in [0.4, 0.5) is 0 Å². The van der Waals surface area contributed by atoms with Crippen molar-refractivity contribution in [2.24, 2.45) is 0 Å². The van der Waals surface area contributed by atoms with Crippen LogP contribution in [0.25, 0.3) is 33.6 Å². The lowest BCUT2D eigenvalue weighted by atomic mass is 9.99. The number of pyridine rings is 3. The van der Waals surface area contributed by atoms with Gasteiger partial charge in [-0.3, -0.25) is 4.98 Å². The largest absolute Gasteiger partial charge is 0.507 e. The molecule has 0 saturated carbocycles. The Bertz CT molecular complexity index is 1450. The zero-order chi connectivity index (χ0) is 23.5. The SMILES string of the molecule is Cc1cc(-c2cc(-c3cccc(Oc4ccccn4)c3)nc(-c3ccccc3O)c2)cc(C)n1. The number of phenols is 1. The molecule has 2 aromatic carbocycles. The molecule has 0 unspecified atom stereocenters. The number of aromatic hydroxyl groups is 1. The van der Waals surface area contributed by atoms with E-state index in [0.717, 1.165) is 33.8 Å². The van der Waals surface area contributed by atoms with E-state index in [1.807, 2.05) is 74.5 Å². The fourth-order valence-electron chi connectivity index (χ4n) is 3.92. The van der Waals surface area contributed by atoms with Crippen LogP contribution in [-0.4, -0.2) is 20.1 Å². The molecule has 1 N–H and O–H groups in total. The Morgan fingerprint density at radius 3 is 2.15 bits per heavy atom. The molecule has 0 fully saturated rings. The summed E-state index contributed by atoms with van der Waals surface area (Å²) in [5.74, 6) is 1.38. The maximum Gasteiger partial charge on any atom is 0.219 e. The predicted octanol–water partition coefficient (Wildman–Crippen LogP) is 6.99. The predicted molar refractivity (Wildman–Crippen MR) is 134 cm³/mol. The number of aryl methyl sites for hydroxylation is 2. The number of para-hydroxylation sites is 1. The van der Waals surface area contributed by atoms with Gasteiger partial charge in [-0.2, -0.15) is 0 Å². The van der Waals surface area contributed by atoms with Gasteiger partial charge in [0.05, 0.1) is 11.4 Å². The molecule has 0 amide bonds. The lowest BCUT2D eigenvalue weighted by Crippen LogP contribution is -1.94. The number of ether oxygens (including phenoxy) is 1. The molecule has 5 aromatic rings. The van der Waals surface area contributed by atoms with E-state index in [-0.39, 0.29) is 5.75 Å². The molecule has 5 heteroatoms. The number of rotatable bonds is 5. The Hall–Kier alpha value is -4.51. The average Bonchev–Trinajstić information content (AvgIpc) is 2.84. The highest BCUT2D eigenvalue weighted by Gasteiger charge is 2.13. The van der Waals surface area contributed by atoms with Gasteiger partial charge >= 0.3 is 0 Å². The minimum absolute atomic E-state index is 0.187. The molecule has 0 aliphatic heterocycles. The van der Waals surface area contributed by atoms with Crippen molar-refractivity contribution >= 4 is 0 Å². The van der Waals surface area contributed by atoms with Crippen molar-refractivity contribution in [2.75, 3.05) is 0 Å². The van der Waals surface area contributed by atoms with E-state index in [9.17, 15) is 5.11 Å². The average molecular weight is 446 g/mol. The molecule has 0 radical (unpaired) electrons. The molecule has 5 nitrogen and oxygen atoms in total. The fourth-order valence-corrected chi connectivity index (χ4v) is 3.92. The van der Waals surface area contributed by atoms with E-state index < -0.39 is 0 Å². The molecule has 0 bridgehead atoms. The molecular weight excluding hydrogens is 422 g/mol. The van der Waals surface area contributed by atoms with Crippen molar-refractivity contribution in [3.05, 3.63) is 109 Å². The zero-order valence-corrected chi connectivity index (χ0v) is 18.9. The molecule has 0 aliphatic carbocycles. The van der Waals surface area contributed by atoms with Gasteiger partial charge < -0.3 is 9.84 Å². The molecule has 0 atom stereocenters. The second-order valence-electron chi connectivity index (χ2n) is 8.08. The third-order valence-electron chi connectivity index (χ3n) is 5.41. The Morgan fingerprint density at radius 2 is 1.38 bits per heavy atom. The number of hydrogen-bond donors (Lipinski definition) is 1. The van der Waals surface area contributed by atoms with E-state index >= 15 is 0 Å². The minimum atomic E-state index is 0.187. The van der Waals surface area contributed by atoms with Crippen molar-refractivity contribution in [1.29, 1.82) is 0 Å². The van der Waals surface area contributed by atoms with Crippen LogP contribution in [-0.2, 0) is 0 Å². The summed E-state index contributed by atoms with van der Waals surface area (Å²) >= 11 is 0. The molecule has 5 rings (SSSR count). The monoisotopic (exact) mass is 445 g/mol. The number of nitrogens with zero attached hydrogens (tertiary/aromatic N) is 3. The second-order valence-corrected chi connectivity index (χ2v) is 8.08. The molecule has 0 spiro atoms. The van der Waals surface area contributed by atoms with E-state index in [4.69, 9.17) is 9.72 Å². The van der Waals surface area contributed by atoms with Crippen LogP contribution >= 0.6 is 0 Å². The van der Waals surface area contributed by atoms with Gasteiger partial charge in [-0.1, -0.05) is 30.3 Å². The Morgan fingerprint density at radius 1 is 0.647 bits per heavy atom. The molecule has 0 saturated heterocycles. The quantitative estimate of drug-likeness (QED) is 0.316. The van der Waals surface area contributed by atoms with Crippen molar-refractivity contribution in [2.45, 2.75) is 13.8 Å². The first-order valence-electron chi connectivity index (χ1n) is 11.0. The van der Waals surface area contributed by atoms with E-state index in [1.54, 1.807) is 18.3 Å². The Balaban J connectivity index is 1.64. The summed E-state index contributed by atoms with van der Waals surface area (Å²) < 4.78 is 5.93. The van der Waals surface area contributed by atoms with Crippen LogP contribution in [0.3, 0.4) is 0 Å². The molecule has 0 aliphatic rings. The van der Waals surface area contributed by atoms with Gasteiger partial charge in [0.25, 0.3) is 0 Å². The standard InChI is InChI=1S/C29H23N3O2/c1-19-14-22(15-20(2)31-19)23-17-26(32-27(18-23)25-10-3-4-11-28(25)33)21-8-7-9-24(16-21)34-29-12-5-6-13-30-29/h3-18,33H,1-2H3. The van der Waals surface area contributed by atoms with Gasteiger partial charge in [0.2, 0.25) is 5.88 Å². The first-order valence-corrected chi connectivity index (χ1v) is 11.0. The lowest BCUT2D eigenvalue weighted by Gasteiger charge is -2.13. The maximum atomic E-state index is 10.5. The number of benzene rings is 2. The fraction of sp³-hybridized carbons (Fsp3) is 0.0690. The van der Waals surface area contributed by atoms with Crippen LogP contribution in [0.2, 0.25) is 0 Å². The zero-order valence-electron chi connectivity index (χ0n) is 18.9. The van der Waals surface area contributed by atoms with Crippen LogP contribution in [0.1, 0.15) is 11.4 Å². The van der Waals surface area contributed by atoms with Crippen molar-refractivity contribution < 1.29 is 9.84 Å². The highest BCUT2D eigenvalue weighted by atomic mass is 16.5. The van der Waals surface area contributed by atoms with Crippen molar-refractivity contribution in [3.63, 3.8) is 0 Å². The maximum absolute atomic E-state index is 10.5. The number of phenolic OH excluding ortho intramolecular Hbond substituents is 1. The summed E-state index contributed by atoms with van der Waals surface area (Å²) in [4.78, 5) is 13.7. The van der Waals surface area contributed by atoms with Crippen LogP contribution < -0.4 is 4.74 Å². The van der Waals surface area contributed by atoms with Crippen LogP contribution in [0.15, 0.2) is 97.2 Å². The summed E-state index contributed by atoms with van der Waals surface area (Å²) in [6, 6.07) is 28.7. The summed E-state index contributed by atoms with van der Waals surface area (Å²) in [5, 5.41) is 10.5. The molecule has 166 valence electrons. The molecule has 34 heavy (non-hydrogen) atoms. The summed E-state index contributed by atoms with van der Waals surface area (Å²) in [6.07, 6.45) is 1.70.